The van der Waals surface area contributed by atoms with Gasteiger partial charge < -0.3 is 0 Å². The first-order valence-electron chi connectivity index (χ1n) is 7.69. The van der Waals surface area contributed by atoms with Crippen molar-refractivity contribution in [1.82, 2.24) is 0 Å². The van der Waals surface area contributed by atoms with Crippen LogP contribution in [-0.2, 0) is 0 Å². The standard InChI is InChI=1S/C20H22/c1-2-16-8-10-18(11-9-16)20-14-12-19(13-15-20)17-6-4-3-5-7-17/h2,8-15,17H,1,3-7H2. The second-order valence-corrected chi connectivity index (χ2v) is 5.78. The molecule has 1 aliphatic rings. The van der Waals surface area contributed by atoms with Gasteiger partial charge in [-0.05, 0) is 41.0 Å². The fourth-order valence-electron chi connectivity index (χ4n) is 3.20. The zero-order valence-corrected chi connectivity index (χ0v) is 12.0. The summed E-state index contributed by atoms with van der Waals surface area (Å²) >= 11 is 0. The van der Waals surface area contributed by atoms with E-state index in [1.165, 1.54) is 54.4 Å². The molecule has 2 aromatic carbocycles. The van der Waals surface area contributed by atoms with Crippen LogP contribution in [-0.4, -0.2) is 0 Å². The van der Waals surface area contributed by atoms with Crippen LogP contribution in [0.15, 0.2) is 55.1 Å². The molecule has 0 heterocycles. The summed E-state index contributed by atoms with van der Waals surface area (Å²) < 4.78 is 0. The fraction of sp³-hybridized carbons (Fsp3) is 0.300. The molecule has 3 rings (SSSR count). The molecule has 0 radical (unpaired) electrons. The fourth-order valence-corrected chi connectivity index (χ4v) is 3.20. The molecule has 2 aromatic rings. The second kappa shape index (κ2) is 6.09. The average Bonchev–Trinajstić information content (AvgIpc) is 2.56. The Balaban J connectivity index is 1.79. The first-order chi connectivity index (χ1) is 9.86. The van der Waals surface area contributed by atoms with Crippen molar-refractivity contribution in [3.8, 4) is 11.1 Å². The topological polar surface area (TPSA) is 0 Å². The lowest BCUT2D eigenvalue weighted by Gasteiger charge is -2.22. The van der Waals surface area contributed by atoms with Gasteiger partial charge in [-0.3, -0.25) is 0 Å². The molecule has 1 fully saturated rings. The molecule has 0 saturated heterocycles. The van der Waals surface area contributed by atoms with Crippen LogP contribution in [0.1, 0.15) is 49.1 Å². The summed E-state index contributed by atoms with van der Waals surface area (Å²) in [7, 11) is 0. The van der Waals surface area contributed by atoms with Crippen molar-refractivity contribution in [1.29, 1.82) is 0 Å². The van der Waals surface area contributed by atoms with E-state index in [1.807, 2.05) is 6.08 Å². The van der Waals surface area contributed by atoms with Crippen LogP contribution in [0.25, 0.3) is 17.2 Å². The third kappa shape index (κ3) is 2.85. The number of benzene rings is 2. The predicted molar refractivity (Wildman–Crippen MR) is 87.8 cm³/mol. The van der Waals surface area contributed by atoms with Gasteiger partial charge in [0.05, 0.1) is 0 Å². The maximum absolute atomic E-state index is 3.80. The van der Waals surface area contributed by atoms with Gasteiger partial charge >= 0.3 is 0 Å². The zero-order chi connectivity index (χ0) is 13.8. The van der Waals surface area contributed by atoms with Gasteiger partial charge in [0.25, 0.3) is 0 Å². The molecule has 1 saturated carbocycles. The van der Waals surface area contributed by atoms with Crippen LogP contribution >= 0.6 is 0 Å². The molecule has 0 aromatic heterocycles. The molecule has 20 heavy (non-hydrogen) atoms. The van der Waals surface area contributed by atoms with E-state index >= 15 is 0 Å². The van der Waals surface area contributed by atoms with Gasteiger partial charge in [0.2, 0.25) is 0 Å². The Labute approximate surface area is 122 Å². The predicted octanol–water partition coefficient (Wildman–Crippen LogP) is 6.04. The monoisotopic (exact) mass is 262 g/mol. The molecule has 0 unspecified atom stereocenters. The third-order valence-electron chi connectivity index (χ3n) is 4.47. The second-order valence-electron chi connectivity index (χ2n) is 5.78. The molecular formula is C20H22. The zero-order valence-electron chi connectivity index (χ0n) is 12.0. The van der Waals surface area contributed by atoms with Crippen LogP contribution in [0.3, 0.4) is 0 Å². The lowest BCUT2D eigenvalue weighted by molar-refractivity contribution is 0.443. The Kier molecular flexibility index (Phi) is 4.01. The summed E-state index contributed by atoms with van der Waals surface area (Å²) in [6.07, 6.45) is 8.84. The highest BCUT2D eigenvalue weighted by molar-refractivity contribution is 5.65. The van der Waals surface area contributed by atoms with Crippen LogP contribution in [0.5, 0.6) is 0 Å². The first kappa shape index (κ1) is 13.2. The molecule has 102 valence electrons. The summed E-state index contributed by atoms with van der Waals surface area (Å²) in [5.74, 6) is 0.793. The molecule has 1 aliphatic carbocycles. The third-order valence-corrected chi connectivity index (χ3v) is 4.47. The van der Waals surface area contributed by atoms with Gasteiger partial charge in [-0.15, -0.1) is 0 Å². The van der Waals surface area contributed by atoms with E-state index in [1.54, 1.807) is 0 Å². The van der Waals surface area contributed by atoms with Gasteiger partial charge in [-0.2, -0.15) is 0 Å². The van der Waals surface area contributed by atoms with E-state index in [9.17, 15) is 0 Å². The van der Waals surface area contributed by atoms with Gasteiger partial charge in [-0.25, -0.2) is 0 Å². The molecule has 0 heteroatoms. The molecule has 0 nitrogen and oxygen atoms in total. The van der Waals surface area contributed by atoms with Crippen LogP contribution in [0.4, 0.5) is 0 Å². The minimum absolute atomic E-state index is 0.793. The minimum atomic E-state index is 0.793. The van der Waals surface area contributed by atoms with Gasteiger partial charge in [0, 0.05) is 0 Å². The SMILES string of the molecule is C=Cc1ccc(-c2ccc(C3CCCCC3)cc2)cc1. The lowest BCUT2D eigenvalue weighted by Crippen LogP contribution is -2.04. The summed E-state index contributed by atoms with van der Waals surface area (Å²) in [5, 5.41) is 0. The molecule has 0 atom stereocenters. The molecule has 0 bridgehead atoms. The van der Waals surface area contributed by atoms with E-state index < -0.39 is 0 Å². The number of rotatable bonds is 3. The highest BCUT2D eigenvalue weighted by Crippen LogP contribution is 2.33. The van der Waals surface area contributed by atoms with Crippen molar-refractivity contribution in [2.45, 2.75) is 38.0 Å². The maximum Gasteiger partial charge on any atom is -0.0162 e. The van der Waals surface area contributed by atoms with E-state index in [4.69, 9.17) is 0 Å². The van der Waals surface area contributed by atoms with Crippen molar-refractivity contribution < 1.29 is 0 Å². The van der Waals surface area contributed by atoms with Crippen molar-refractivity contribution in [2.75, 3.05) is 0 Å². The molecular weight excluding hydrogens is 240 g/mol. The van der Waals surface area contributed by atoms with E-state index in [2.05, 4.69) is 55.1 Å². The van der Waals surface area contributed by atoms with Crippen LogP contribution < -0.4 is 0 Å². The lowest BCUT2D eigenvalue weighted by atomic mass is 9.84. The first-order valence-corrected chi connectivity index (χ1v) is 7.69. The largest absolute Gasteiger partial charge is 0.0985 e. The minimum Gasteiger partial charge on any atom is -0.0985 e. The summed E-state index contributed by atoms with van der Waals surface area (Å²) in [4.78, 5) is 0. The smallest absolute Gasteiger partial charge is 0.0162 e. The van der Waals surface area contributed by atoms with Gasteiger partial charge in [0.1, 0.15) is 0 Å². The molecule has 0 N–H and O–H groups in total. The summed E-state index contributed by atoms with van der Waals surface area (Å²) in [6, 6.07) is 17.8. The van der Waals surface area contributed by atoms with Gasteiger partial charge in [-0.1, -0.05) is 80.4 Å². The van der Waals surface area contributed by atoms with Crippen molar-refractivity contribution in [3.63, 3.8) is 0 Å². The Morgan fingerprint density at radius 3 is 1.85 bits per heavy atom. The maximum atomic E-state index is 3.80. The van der Waals surface area contributed by atoms with E-state index in [-0.39, 0.29) is 0 Å². The average molecular weight is 262 g/mol. The summed E-state index contributed by atoms with van der Waals surface area (Å²) in [5.41, 5.74) is 5.29. The van der Waals surface area contributed by atoms with Crippen molar-refractivity contribution >= 4 is 6.08 Å². The Morgan fingerprint density at radius 1 is 0.750 bits per heavy atom. The van der Waals surface area contributed by atoms with Crippen LogP contribution in [0, 0.1) is 0 Å². The normalized spacial score (nSPS) is 16.0. The molecule has 0 aliphatic heterocycles. The highest BCUT2D eigenvalue weighted by Gasteiger charge is 2.15. The Hall–Kier alpha value is -1.82. The Bertz CT molecular complexity index is 554. The summed E-state index contributed by atoms with van der Waals surface area (Å²) in [6.45, 7) is 3.80. The van der Waals surface area contributed by atoms with Crippen molar-refractivity contribution in [3.05, 3.63) is 66.2 Å². The quantitative estimate of drug-likeness (QED) is 0.632. The van der Waals surface area contributed by atoms with E-state index in [0.717, 1.165) is 5.92 Å². The number of hydrogen-bond acceptors (Lipinski definition) is 0. The highest BCUT2D eigenvalue weighted by atomic mass is 14.2. The van der Waals surface area contributed by atoms with E-state index in [0.29, 0.717) is 0 Å². The van der Waals surface area contributed by atoms with Crippen molar-refractivity contribution in [2.24, 2.45) is 0 Å². The molecule has 0 spiro atoms. The number of hydrogen-bond donors (Lipinski definition) is 0. The van der Waals surface area contributed by atoms with Crippen LogP contribution in [0.2, 0.25) is 0 Å². The Morgan fingerprint density at radius 2 is 1.30 bits per heavy atom. The molecule has 0 amide bonds. The van der Waals surface area contributed by atoms with Gasteiger partial charge in [0.15, 0.2) is 0 Å².